The third-order valence-corrected chi connectivity index (χ3v) is 3.54. The van der Waals surface area contributed by atoms with Crippen LogP contribution in [0.5, 0.6) is 11.5 Å². The zero-order chi connectivity index (χ0) is 17.5. The topological polar surface area (TPSA) is 64.6 Å². The van der Waals surface area contributed by atoms with Crippen molar-refractivity contribution in [3.63, 3.8) is 0 Å². The van der Waals surface area contributed by atoms with Crippen LogP contribution in [0, 0.1) is 0 Å². The van der Waals surface area contributed by atoms with Crippen LogP contribution in [0.1, 0.15) is 30.6 Å². The number of hydrogen-bond acceptors (Lipinski definition) is 4. The molecule has 24 heavy (non-hydrogen) atoms. The van der Waals surface area contributed by atoms with Crippen molar-refractivity contribution in [3.05, 3.63) is 54.1 Å². The first-order valence-electron chi connectivity index (χ1n) is 7.76. The summed E-state index contributed by atoms with van der Waals surface area (Å²) in [5.41, 5.74) is 1.11. The fourth-order valence-corrected chi connectivity index (χ4v) is 2.23. The highest BCUT2D eigenvalue weighted by Gasteiger charge is 2.20. The molecule has 0 fully saturated rings. The second-order valence-corrected chi connectivity index (χ2v) is 5.29. The van der Waals surface area contributed by atoms with Gasteiger partial charge in [0.15, 0.2) is 23.4 Å². The molecule has 1 atom stereocenters. The molecule has 2 aromatic carbocycles. The van der Waals surface area contributed by atoms with E-state index in [0.717, 1.165) is 0 Å². The monoisotopic (exact) mass is 327 g/mol. The molecule has 1 amide bonds. The van der Waals surface area contributed by atoms with E-state index in [-0.39, 0.29) is 11.7 Å². The molecule has 0 radical (unpaired) electrons. The first-order chi connectivity index (χ1) is 11.5. The number of anilines is 1. The van der Waals surface area contributed by atoms with Gasteiger partial charge in [-0.25, -0.2) is 0 Å². The minimum Gasteiger partial charge on any atom is -0.493 e. The normalized spacial score (nSPS) is 11.5. The summed E-state index contributed by atoms with van der Waals surface area (Å²) < 4.78 is 11.0. The Morgan fingerprint density at radius 2 is 1.79 bits per heavy atom. The molecule has 0 bridgehead atoms. The fourth-order valence-electron chi connectivity index (χ4n) is 2.23. The summed E-state index contributed by atoms with van der Waals surface area (Å²) in [5.74, 6) is 0.759. The highest BCUT2D eigenvalue weighted by Crippen LogP contribution is 2.27. The zero-order valence-corrected chi connectivity index (χ0v) is 14.0. The highest BCUT2D eigenvalue weighted by molar-refractivity contribution is 5.98. The van der Waals surface area contributed by atoms with Crippen LogP contribution >= 0.6 is 0 Å². The Morgan fingerprint density at radius 1 is 1.08 bits per heavy atom. The Morgan fingerprint density at radius 3 is 2.42 bits per heavy atom. The number of amides is 1. The van der Waals surface area contributed by atoms with E-state index >= 15 is 0 Å². The average Bonchev–Trinajstić information content (AvgIpc) is 2.60. The SMILES string of the molecule is CC[C@@H](Oc1ccccc1OC)C(=O)Nc1cccc(C(C)=O)c1. The van der Waals surface area contributed by atoms with Gasteiger partial charge in [-0.15, -0.1) is 0 Å². The van der Waals surface area contributed by atoms with Gasteiger partial charge in [0.2, 0.25) is 0 Å². The molecule has 1 N–H and O–H groups in total. The first kappa shape index (κ1) is 17.5. The third kappa shape index (κ3) is 4.35. The smallest absolute Gasteiger partial charge is 0.265 e. The minimum atomic E-state index is -0.665. The Hall–Kier alpha value is -2.82. The van der Waals surface area contributed by atoms with E-state index in [2.05, 4.69) is 5.32 Å². The van der Waals surface area contributed by atoms with Gasteiger partial charge in [0, 0.05) is 11.3 Å². The van der Waals surface area contributed by atoms with Crippen LogP contribution in [0.4, 0.5) is 5.69 Å². The van der Waals surface area contributed by atoms with E-state index in [0.29, 0.717) is 29.2 Å². The molecule has 126 valence electrons. The van der Waals surface area contributed by atoms with Crippen LogP contribution in [-0.2, 0) is 4.79 Å². The molecule has 2 aromatic rings. The van der Waals surface area contributed by atoms with Crippen molar-refractivity contribution >= 4 is 17.4 Å². The molecule has 0 heterocycles. The molecule has 0 spiro atoms. The lowest BCUT2D eigenvalue weighted by atomic mass is 10.1. The van der Waals surface area contributed by atoms with E-state index in [1.165, 1.54) is 6.92 Å². The fraction of sp³-hybridized carbons (Fsp3) is 0.263. The van der Waals surface area contributed by atoms with Crippen LogP contribution in [0.15, 0.2) is 48.5 Å². The van der Waals surface area contributed by atoms with Crippen molar-refractivity contribution in [2.75, 3.05) is 12.4 Å². The Balaban J connectivity index is 2.11. The van der Waals surface area contributed by atoms with Crippen molar-refractivity contribution in [2.24, 2.45) is 0 Å². The maximum absolute atomic E-state index is 12.5. The summed E-state index contributed by atoms with van der Waals surface area (Å²) >= 11 is 0. The van der Waals surface area contributed by atoms with E-state index in [1.54, 1.807) is 43.5 Å². The van der Waals surface area contributed by atoms with Crippen molar-refractivity contribution in [1.29, 1.82) is 0 Å². The predicted molar refractivity (Wildman–Crippen MR) is 92.8 cm³/mol. The molecule has 0 aliphatic heterocycles. The molecule has 2 rings (SSSR count). The van der Waals surface area contributed by atoms with Crippen molar-refractivity contribution in [1.82, 2.24) is 0 Å². The van der Waals surface area contributed by atoms with Crippen LogP contribution in [0.3, 0.4) is 0 Å². The van der Waals surface area contributed by atoms with Gasteiger partial charge < -0.3 is 14.8 Å². The number of nitrogens with one attached hydrogen (secondary N) is 1. The van der Waals surface area contributed by atoms with Crippen molar-refractivity contribution < 1.29 is 19.1 Å². The summed E-state index contributed by atoms with van der Waals surface area (Å²) in [6, 6.07) is 14.0. The lowest BCUT2D eigenvalue weighted by molar-refractivity contribution is -0.122. The van der Waals surface area contributed by atoms with Crippen LogP contribution in [-0.4, -0.2) is 24.9 Å². The van der Waals surface area contributed by atoms with Gasteiger partial charge in [-0.1, -0.05) is 31.2 Å². The summed E-state index contributed by atoms with van der Waals surface area (Å²) in [6.07, 6.45) is -0.168. The van der Waals surface area contributed by atoms with Gasteiger partial charge in [-0.3, -0.25) is 9.59 Å². The number of carbonyl (C=O) groups excluding carboxylic acids is 2. The molecule has 0 saturated carbocycles. The van der Waals surface area contributed by atoms with E-state index in [1.807, 2.05) is 19.1 Å². The van der Waals surface area contributed by atoms with Gasteiger partial charge in [-0.05, 0) is 37.6 Å². The Kier molecular flexibility index (Phi) is 5.95. The quantitative estimate of drug-likeness (QED) is 0.788. The molecule has 0 aliphatic rings. The van der Waals surface area contributed by atoms with Crippen LogP contribution in [0.25, 0.3) is 0 Å². The molecular weight excluding hydrogens is 306 g/mol. The summed E-state index contributed by atoms with van der Waals surface area (Å²) in [7, 11) is 1.55. The number of benzene rings is 2. The second kappa shape index (κ2) is 8.15. The molecular formula is C19H21NO4. The Bertz CT molecular complexity index is 727. The van der Waals surface area contributed by atoms with E-state index < -0.39 is 6.10 Å². The number of para-hydroxylation sites is 2. The second-order valence-electron chi connectivity index (χ2n) is 5.29. The van der Waals surface area contributed by atoms with Gasteiger partial charge in [0.05, 0.1) is 7.11 Å². The van der Waals surface area contributed by atoms with Crippen molar-refractivity contribution in [2.45, 2.75) is 26.4 Å². The summed E-state index contributed by atoms with van der Waals surface area (Å²) in [6.45, 7) is 3.35. The zero-order valence-electron chi connectivity index (χ0n) is 14.0. The number of carbonyl (C=O) groups is 2. The largest absolute Gasteiger partial charge is 0.493 e. The van der Waals surface area contributed by atoms with Gasteiger partial charge in [0.1, 0.15) is 0 Å². The lowest BCUT2D eigenvalue weighted by Crippen LogP contribution is -2.32. The van der Waals surface area contributed by atoms with E-state index in [4.69, 9.17) is 9.47 Å². The molecule has 0 aliphatic carbocycles. The highest BCUT2D eigenvalue weighted by atomic mass is 16.5. The molecule has 5 heteroatoms. The number of ketones is 1. The van der Waals surface area contributed by atoms with Crippen LogP contribution in [0.2, 0.25) is 0 Å². The molecule has 5 nitrogen and oxygen atoms in total. The number of Topliss-reactive ketones (excluding diaryl/α,β-unsaturated/α-hetero) is 1. The standard InChI is InChI=1S/C19H21NO4/c1-4-16(24-18-11-6-5-10-17(18)23-3)19(22)20-15-9-7-8-14(12-15)13(2)21/h5-12,16H,4H2,1-3H3,(H,20,22)/t16-/m1/s1. The Labute approximate surface area is 141 Å². The van der Waals surface area contributed by atoms with Crippen molar-refractivity contribution in [3.8, 4) is 11.5 Å². The number of ether oxygens (including phenoxy) is 2. The molecule has 0 saturated heterocycles. The number of hydrogen-bond donors (Lipinski definition) is 1. The predicted octanol–water partition coefficient (Wildman–Crippen LogP) is 3.69. The summed E-state index contributed by atoms with van der Waals surface area (Å²) in [5, 5.41) is 2.79. The first-order valence-corrected chi connectivity index (χ1v) is 7.76. The average molecular weight is 327 g/mol. The van der Waals surface area contributed by atoms with Gasteiger partial charge in [-0.2, -0.15) is 0 Å². The van der Waals surface area contributed by atoms with Crippen LogP contribution < -0.4 is 14.8 Å². The lowest BCUT2D eigenvalue weighted by Gasteiger charge is -2.19. The minimum absolute atomic E-state index is 0.0524. The third-order valence-electron chi connectivity index (χ3n) is 3.54. The van der Waals surface area contributed by atoms with Gasteiger partial charge >= 0.3 is 0 Å². The van der Waals surface area contributed by atoms with E-state index in [9.17, 15) is 9.59 Å². The number of rotatable bonds is 7. The maximum atomic E-state index is 12.5. The molecule has 0 unspecified atom stereocenters. The number of methoxy groups -OCH3 is 1. The molecule has 0 aromatic heterocycles. The maximum Gasteiger partial charge on any atom is 0.265 e. The summed E-state index contributed by atoms with van der Waals surface area (Å²) in [4.78, 5) is 23.9. The van der Waals surface area contributed by atoms with Gasteiger partial charge in [0.25, 0.3) is 5.91 Å².